The van der Waals surface area contributed by atoms with E-state index in [2.05, 4.69) is 0 Å². The smallest absolute Gasteiger partial charge is 0.303 e. The summed E-state index contributed by atoms with van der Waals surface area (Å²) >= 11 is 0. The van der Waals surface area contributed by atoms with Gasteiger partial charge in [-0.3, -0.25) is 4.79 Å². The van der Waals surface area contributed by atoms with Crippen LogP contribution in [0.1, 0.15) is 18.4 Å². The molecule has 4 heteroatoms. The molecule has 1 heterocycles. The first kappa shape index (κ1) is 11.9. The summed E-state index contributed by atoms with van der Waals surface area (Å²) in [7, 11) is 0. The van der Waals surface area contributed by atoms with Gasteiger partial charge >= 0.3 is 5.97 Å². The monoisotopic (exact) mass is 236 g/mol. The van der Waals surface area contributed by atoms with Crippen molar-refractivity contribution < 1.29 is 19.4 Å². The summed E-state index contributed by atoms with van der Waals surface area (Å²) in [6, 6.07) is 7.82. The molecule has 0 aromatic heterocycles. The highest BCUT2D eigenvalue weighted by atomic mass is 16.6. The molecule has 0 unspecified atom stereocenters. The van der Waals surface area contributed by atoms with Crippen molar-refractivity contribution >= 4 is 5.97 Å². The molecule has 1 aliphatic rings. The van der Waals surface area contributed by atoms with Crippen LogP contribution in [0.3, 0.4) is 0 Å². The van der Waals surface area contributed by atoms with Crippen molar-refractivity contribution in [3.8, 4) is 5.75 Å². The van der Waals surface area contributed by atoms with E-state index in [9.17, 15) is 4.79 Å². The molecule has 1 aromatic rings. The zero-order valence-electron chi connectivity index (χ0n) is 9.59. The lowest BCUT2D eigenvalue weighted by atomic mass is 10.1. The second-order valence-electron chi connectivity index (χ2n) is 4.17. The van der Waals surface area contributed by atoms with Crippen molar-refractivity contribution in [1.82, 2.24) is 0 Å². The predicted molar refractivity (Wildman–Crippen MR) is 62.3 cm³/mol. The molecule has 1 aromatic carbocycles. The first-order valence-corrected chi connectivity index (χ1v) is 5.79. The molecule has 92 valence electrons. The Kier molecular flexibility index (Phi) is 3.98. The van der Waals surface area contributed by atoms with Gasteiger partial charge in [0.2, 0.25) is 0 Å². The highest BCUT2D eigenvalue weighted by Crippen LogP contribution is 2.18. The van der Waals surface area contributed by atoms with Crippen LogP contribution in [0.25, 0.3) is 0 Å². The Morgan fingerprint density at radius 3 is 2.94 bits per heavy atom. The van der Waals surface area contributed by atoms with Gasteiger partial charge in [-0.25, -0.2) is 0 Å². The van der Waals surface area contributed by atoms with Gasteiger partial charge in [-0.05, 0) is 30.5 Å². The van der Waals surface area contributed by atoms with Crippen LogP contribution in [0.2, 0.25) is 0 Å². The van der Waals surface area contributed by atoms with Crippen LogP contribution in [0.5, 0.6) is 5.75 Å². The van der Waals surface area contributed by atoms with E-state index < -0.39 is 5.97 Å². The van der Waals surface area contributed by atoms with Gasteiger partial charge in [0, 0.05) is 6.42 Å². The molecule has 0 spiro atoms. The van der Waals surface area contributed by atoms with E-state index in [1.165, 1.54) is 0 Å². The van der Waals surface area contributed by atoms with E-state index >= 15 is 0 Å². The third-order valence-corrected chi connectivity index (χ3v) is 2.66. The molecule has 2 rings (SSSR count). The lowest BCUT2D eigenvalue weighted by molar-refractivity contribution is -0.137. The average molecular weight is 236 g/mol. The van der Waals surface area contributed by atoms with Crippen LogP contribution < -0.4 is 4.74 Å². The lowest BCUT2D eigenvalue weighted by Crippen LogP contribution is -2.38. The number of carbonyl (C=O) groups is 1. The molecule has 4 nitrogen and oxygen atoms in total. The van der Waals surface area contributed by atoms with Gasteiger partial charge in [-0.1, -0.05) is 12.1 Å². The number of aryl methyl sites for hydroxylation is 1. The third kappa shape index (κ3) is 3.75. The standard InChI is InChI=1S/C13H16O4/c14-13(15)6-2-4-10-3-1-5-11(7-10)17-12-8-16-9-12/h1,3,5,7,12H,2,4,6,8-9H2,(H,14,15). The summed E-state index contributed by atoms with van der Waals surface area (Å²) in [5.74, 6) is 0.0927. The van der Waals surface area contributed by atoms with E-state index in [1.54, 1.807) is 0 Å². The minimum atomic E-state index is -0.746. The SMILES string of the molecule is O=C(O)CCCc1cccc(OC2COC2)c1. The Morgan fingerprint density at radius 1 is 1.47 bits per heavy atom. The summed E-state index contributed by atoms with van der Waals surface area (Å²) in [6.45, 7) is 1.31. The number of rotatable bonds is 6. The molecule has 0 bridgehead atoms. The maximum absolute atomic E-state index is 10.4. The molecule has 1 aliphatic heterocycles. The fourth-order valence-electron chi connectivity index (χ4n) is 1.69. The quantitative estimate of drug-likeness (QED) is 0.819. The zero-order chi connectivity index (χ0) is 12.1. The molecule has 0 radical (unpaired) electrons. The van der Waals surface area contributed by atoms with Gasteiger partial charge in [0.25, 0.3) is 0 Å². The van der Waals surface area contributed by atoms with Crippen molar-refractivity contribution in [3.05, 3.63) is 29.8 Å². The maximum Gasteiger partial charge on any atom is 0.303 e. The Labute approximate surface area is 100 Å². The van der Waals surface area contributed by atoms with E-state index in [0.29, 0.717) is 19.6 Å². The van der Waals surface area contributed by atoms with Gasteiger partial charge in [0.15, 0.2) is 0 Å². The summed E-state index contributed by atoms with van der Waals surface area (Å²) in [5.41, 5.74) is 1.11. The minimum Gasteiger partial charge on any atom is -0.486 e. The van der Waals surface area contributed by atoms with Crippen molar-refractivity contribution in [2.24, 2.45) is 0 Å². The Hall–Kier alpha value is -1.55. The molecule has 1 N–H and O–H groups in total. The van der Waals surface area contributed by atoms with Gasteiger partial charge in [0.05, 0.1) is 13.2 Å². The molecule has 1 saturated heterocycles. The number of hydrogen-bond acceptors (Lipinski definition) is 3. The van der Waals surface area contributed by atoms with Crippen molar-refractivity contribution in [2.45, 2.75) is 25.4 Å². The number of carboxylic acids is 1. The van der Waals surface area contributed by atoms with Crippen LogP contribution in [-0.4, -0.2) is 30.4 Å². The number of hydrogen-bond donors (Lipinski definition) is 1. The van der Waals surface area contributed by atoms with E-state index in [4.69, 9.17) is 14.6 Å². The molecular formula is C13H16O4. The first-order chi connectivity index (χ1) is 8.24. The number of benzene rings is 1. The molecule has 17 heavy (non-hydrogen) atoms. The second-order valence-corrected chi connectivity index (χ2v) is 4.17. The molecule has 1 fully saturated rings. The minimum absolute atomic E-state index is 0.171. The van der Waals surface area contributed by atoms with Crippen LogP contribution in [-0.2, 0) is 16.0 Å². The number of aliphatic carboxylic acids is 1. The van der Waals surface area contributed by atoms with Gasteiger partial charge in [-0.15, -0.1) is 0 Å². The fourth-order valence-corrected chi connectivity index (χ4v) is 1.69. The summed E-state index contributed by atoms with van der Waals surface area (Å²) in [6.07, 6.45) is 1.81. The topological polar surface area (TPSA) is 55.8 Å². The van der Waals surface area contributed by atoms with Gasteiger partial charge in [0.1, 0.15) is 11.9 Å². The second kappa shape index (κ2) is 5.68. The van der Waals surface area contributed by atoms with Crippen molar-refractivity contribution in [2.75, 3.05) is 13.2 Å². The predicted octanol–water partition coefficient (Wildman–Crippen LogP) is 1.87. The van der Waals surface area contributed by atoms with E-state index in [1.807, 2.05) is 24.3 Å². The highest BCUT2D eigenvalue weighted by molar-refractivity contribution is 5.66. The summed E-state index contributed by atoms with van der Waals surface area (Å²) in [5, 5.41) is 8.57. The van der Waals surface area contributed by atoms with Gasteiger partial charge in [-0.2, -0.15) is 0 Å². The van der Waals surface area contributed by atoms with E-state index in [-0.39, 0.29) is 12.5 Å². The fraction of sp³-hybridized carbons (Fsp3) is 0.462. The Bertz CT molecular complexity index is 385. The highest BCUT2D eigenvalue weighted by Gasteiger charge is 2.19. The van der Waals surface area contributed by atoms with Crippen molar-refractivity contribution in [3.63, 3.8) is 0 Å². The van der Waals surface area contributed by atoms with Crippen LogP contribution >= 0.6 is 0 Å². The Balaban J connectivity index is 1.84. The lowest BCUT2D eigenvalue weighted by Gasteiger charge is -2.26. The van der Waals surface area contributed by atoms with Crippen LogP contribution in [0.15, 0.2) is 24.3 Å². The molecular weight excluding hydrogens is 220 g/mol. The molecule has 0 aliphatic carbocycles. The first-order valence-electron chi connectivity index (χ1n) is 5.79. The normalized spacial score (nSPS) is 15.3. The summed E-state index contributed by atoms with van der Waals surface area (Å²) < 4.78 is 10.7. The third-order valence-electron chi connectivity index (χ3n) is 2.66. The largest absolute Gasteiger partial charge is 0.486 e. The van der Waals surface area contributed by atoms with Crippen LogP contribution in [0.4, 0.5) is 0 Å². The molecule has 0 atom stereocenters. The zero-order valence-corrected chi connectivity index (χ0v) is 9.59. The number of ether oxygens (including phenoxy) is 2. The van der Waals surface area contributed by atoms with Crippen molar-refractivity contribution in [1.29, 1.82) is 0 Å². The van der Waals surface area contributed by atoms with Crippen LogP contribution in [0, 0.1) is 0 Å². The maximum atomic E-state index is 10.4. The van der Waals surface area contributed by atoms with E-state index in [0.717, 1.165) is 17.7 Å². The summed E-state index contributed by atoms with van der Waals surface area (Å²) in [4.78, 5) is 10.4. The Morgan fingerprint density at radius 2 is 2.29 bits per heavy atom. The number of carboxylic acid groups (broad SMARTS) is 1. The molecule has 0 saturated carbocycles. The average Bonchev–Trinajstić information content (AvgIpc) is 2.24. The molecule has 0 amide bonds. The van der Waals surface area contributed by atoms with Gasteiger partial charge < -0.3 is 14.6 Å².